The summed E-state index contributed by atoms with van der Waals surface area (Å²) in [5.74, 6) is 1.15. The topological polar surface area (TPSA) is 104 Å². The van der Waals surface area contributed by atoms with E-state index in [2.05, 4.69) is 26.6 Å². The SMILES string of the molecule is N#CCCn1ccc(-c2ccc(Nc3nn(CC4CC4)c4cc[nH]c(=O)c34)cc2Cl)n1. The molecule has 1 aromatic carbocycles. The van der Waals surface area contributed by atoms with Gasteiger partial charge in [0.1, 0.15) is 5.39 Å². The van der Waals surface area contributed by atoms with Crippen LogP contribution in [0.2, 0.25) is 5.02 Å². The molecule has 2 N–H and O–H groups in total. The number of anilines is 2. The van der Waals surface area contributed by atoms with Crippen LogP contribution in [0.15, 0.2) is 47.5 Å². The smallest absolute Gasteiger partial charge is 0.261 e. The fraction of sp³-hybridized carbons (Fsp3) is 0.273. The van der Waals surface area contributed by atoms with Gasteiger partial charge in [0.25, 0.3) is 5.56 Å². The van der Waals surface area contributed by atoms with Crippen molar-refractivity contribution in [2.75, 3.05) is 5.32 Å². The predicted molar refractivity (Wildman–Crippen MR) is 119 cm³/mol. The molecule has 1 fully saturated rings. The second kappa shape index (κ2) is 7.93. The lowest BCUT2D eigenvalue weighted by molar-refractivity contribution is 0.582. The van der Waals surface area contributed by atoms with Gasteiger partial charge in [0.05, 0.1) is 35.3 Å². The zero-order valence-corrected chi connectivity index (χ0v) is 17.4. The maximum absolute atomic E-state index is 12.5. The van der Waals surface area contributed by atoms with Gasteiger partial charge in [-0.2, -0.15) is 15.5 Å². The number of nitrogens with one attached hydrogen (secondary N) is 2. The van der Waals surface area contributed by atoms with Crippen molar-refractivity contribution < 1.29 is 0 Å². The van der Waals surface area contributed by atoms with Crippen LogP contribution in [0.3, 0.4) is 0 Å². The molecule has 0 saturated heterocycles. The largest absolute Gasteiger partial charge is 0.338 e. The van der Waals surface area contributed by atoms with Gasteiger partial charge in [0.15, 0.2) is 5.82 Å². The average Bonchev–Trinajstić information content (AvgIpc) is 3.33. The van der Waals surface area contributed by atoms with Crippen LogP contribution in [0.25, 0.3) is 22.2 Å². The Labute approximate surface area is 183 Å². The van der Waals surface area contributed by atoms with E-state index in [-0.39, 0.29) is 5.56 Å². The number of H-pyrrole nitrogens is 1. The van der Waals surface area contributed by atoms with Gasteiger partial charge in [-0.05, 0) is 49.1 Å². The fourth-order valence-electron chi connectivity index (χ4n) is 3.64. The van der Waals surface area contributed by atoms with Gasteiger partial charge in [-0.3, -0.25) is 14.2 Å². The van der Waals surface area contributed by atoms with Crippen LogP contribution >= 0.6 is 11.6 Å². The van der Waals surface area contributed by atoms with E-state index in [9.17, 15) is 4.79 Å². The summed E-state index contributed by atoms with van der Waals surface area (Å²) in [4.78, 5) is 15.2. The number of aromatic nitrogens is 5. The highest BCUT2D eigenvalue weighted by molar-refractivity contribution is 6.33. The van der Waals surface area contributed by atoms with Gasteiger partial charge >= 0.3 is 0 Å². The molecule has 1 saturated carbocycles. The zero-order valence-electron chi connectivity index (χ0n) is 16.7. The molecule has 0 radical (unpaired) electrons. The van der Waals surface area contributed by atoms with Gasteiger partial charge in [-0.15, -0.1) is 0 Å². The summed E-state index contributed by atoms with van der Waals surface area (Å²) in [7, 11) is 0. The molecular formula is C22H20ClN7O. The van der Waals surface area contributed by atoms with Crippen LogP contribution < -0.4 is 10.9 Å². The minimum Gasteiger partial charge on any atom is -0.338 e. The van der Waals surface area contributed by atoms with Crippen molar-refractivity contribution in [1.29, 1.82) is 5.26 Å². The molecule has 0 amide bonds. The third-order valence-electron chi connectivity index (χ3n) is 5.40. The Morgan fingerprint density at radius 1 is 1.26 bits per heavy atom. The van der Waals surface area contributed by atoms with Crippen molar-refractivity contribution in [3.63, 3.8) is 0 Å². The highest BCUT2D eigenvalue weighted by Gasteiger charge is 2.24. The quantitative estimate of drug-likeness (QED) is 0.452. The molecule has 156 valence electrons. The zero-order chi connectivity index (χ0) is 21.4. The van der Waals surface area contributed by atoms with Crippen LogP contribution in [0.4, 0.5) is 11.5 Å². The van der Waals surface area contributed by atoms with Crippen molar-refractivity contribution in [2.45, 2.75) is 32.4 Å². The second-order valence-electron chi connectivity index (χ2n) is 7.73. The number of halogens is 1. The highest BCUT2D eigenvalue weighted by atomic mass is 35.5. The summed E-state index contributed by atoms with van der Waals surface area (Å²) in [6.45, 7) is 1.36. The number of hydrogen-bond acceptors (Lipinski definition) is 5. The van der Waals surface area contributed by atoms with Gasteiger partial charge in [0, 0.05) is 30.2 Å². The first-order chi connectivity index (χ1) is 15.1. The van der Waals surface area contributed by atoms with Crippen LogP contribution in [0, 0.1) is 17.2 Å². The number of aromatic amines is 1. The molecule has 0 unspecified atom stereocenters. The maximum Gasteiger partial charge on any atom is 0.261 e. The lowest BCUT2D eigenvalue weighted by Gasteiger charge is -2.07. The van der Waals surface area contributed by atoms with Crippen LogP contribution in [-0.4, -0.2) is 24.5 Å². The molecule has 3 aromatic heterocycles. The molecule has 0 atom stereocenters. The Morgan fingerprint density at radius 3 is 2.90 bits per heavy atom. The third-order valence-corrected chi connectivity index (χ3v) is 5.72. The standard InChI is InChI=1S/C22H20ClN7O/c23-17-12-15(4-5-16(17)18-7-11-29(27-18)10-1-8-24)26-21-20-19(6-9-25-22(20)31)30(28-21)13-14-2-3-14/h4-7,9,11-12,14H,1-3,10,13H2,(H,25,31)(H,26,28). The molecule has 4 aromatic rings. The minimum absolute atomic E-state index is 0.173. The van der Waals surface area contributed by atoms with Crippen LogP contribution in [0.1, 0.15) is 19.3 Å². The van der Waals surface area contributed by atoms with Gasteiger partial charge < -0.3 is 10.3 Å². The van der Waals surface area contributed by atoms with Gasteiger partial charge in [-0.25, -0.2) is 0 Å². The maximum atomic E-state index is 12.5. The van der Waals surface area contributed by atoms with Crippen molar-refractivity contribution in [1.82, 2.24) is 24.5 Å². The molecule has 9 heteroatoms. The number of rotatable bonds is 7. The first-order valence-electron chi connectivity index (χ1n) is 10.2. The molecule has 1 aliphatic rings. The third kappa shape index (κ3) is 3.92. The Morgan fingerprint density at radius 2 is 2.13 bits per heavy atom. The fourth-order valence-corrected chi connectivity index (χ4v) is 3.92. The molecule has 5 rings (SSSR count). The molecule has 31 heavy (non-hydrogen) atoms. The minimum atomic E-state index is -0.173. The van der Waals surface area contributed by atoms with Crippen molar-refractivity contribution in [3.05, 3.63) is 58.1 Å². The molecule has 0 aliphatic heterocycles. The van der Waals surface area contributed by atoms with E-state index in [1.54, 1.807) is 16.9 Å². The summed E-state index contributed by atoms with van der Waals surface area (Å²) in [6, 6.07) is 11.4. The first kappa shape index (κ1) is 19.4. The summed E-state index contributed by atoms with van der Waals surface area (Å²) in [6.07, 6.45) is 6.30. The molecule has 8 nitrogen and oxygen atoms in total. The predicted octanol–water partition coefficient (Wildman–Crippen LogP) is 4.31. The lowest BCUT2D eigenvalue weighted by Crippen LogP contribution is -2.06. The second-order valence-corrected chi connectivity index (χ2v) is 8.14. The Hall–Kier alpha value is -3.57. The van der Waals surface area contributed by atoms with Gasteiger partial charge in [0.2, 0.25) is 0 Å². The van der Waals surface area contributed by atoms with Crippen molar-refractivity contribution >= 4 is 34.0 Å². The summed E-state index contributed by atoms with van der Waals surface area (Å²) < 4.78 is 3.64. The average molecular weight is 434 g/mol. The number of aryl methyl sites for hydroxylation is 1. The van der Waals surface area contributed by atoms with E-state index in [1.165, 1.54) is 12.8 Å². The normalized spacial score (nSPS) is 13.4. The molecule has 0 spiro atoms. The number of nitriles is 1. The van der Waals surface area contributed by atoms with E-state index in [0.29, 0.717) is 35.1 Å². The highest BCUT2D eigenvalue weighted by Crippen LogP contribution is 2.34. The Balaban J connectivity index is 1.44. The first-order valence-corrected chi connectivity index (χ1v) is 10.6. The van der Waals surface area contributed by atoms with Crippen LogP contribution in [0.5, 0.6) is 0 Å². The number of pyridine rings is 1. The lowest BCUT2D eigenvalue weighted by atomic mass is 10.1. The summed E-state index contributed by atoms with van der Waals surface area (Å²) in [5.41, 5.74) is 2.92. The van der Waals surface area contributed by atoms with Crippen molar-refractivity contribution in [3.8, 4) is 17.3 Å². The Kier molecular flexibility index (Phi) is 4.96. The van der Waals surface area contributed by atoms with E-state index >= 15 is 0 Å². The number of benzene rings is 1. The molecule has 0 bridgehead atoms. The molecule has 1 aliphatic carbocycles. The number of nitrogens with zero attached hydrogens (tertiary/aromatic N) is 5. The summed E-state index contributed by atoms with van der Waals surface area (Å²) in [5, 5.41) is 22.2. The van der Waals surface area contributed by atoms with E-state index in [1.807, 2.05) is 35.1 Å². The van der Waals surface area contributed by atoms with E-state index in [4.69, 9.17) is 16.9 Å². The monoisotopic (exact) mass is 433 g/mol. The van der Waals surface area contributed by atoms with E-state index in [0.717, 1.165) is 29.0 Å². The molecular weight excluding hydrogens is 414 g/mol. The number of hydrogen-bond donors (Lipinski definition) is 2. The van der Waals surface area contributed by atoms with Crippen LogP contribution in [-0.2, 0) is 13.1 Å². The molecule has 3 heterocycles. The Bertz CT molecular complexity index is 1360. The van der Waals surface area contributed by atoms with E-state index < -0.39 is 0 Å². The summed E-state index contributed by atoms with van der Waals surface area (Å²) >= 11 is 6.54. The van der Waals surface area contributed by atoms with Gasteiger partial charge in [-0.1, -0.05) is 11.6 Å². The number of fused-ring (bicyclic) bond motifs is 1. The van der Waals surface area contributed by atoms with Crippen molar-refractivity contribution in [2.24, 2.45) is 5.92 Å².